The molecule has 1 fully saturated rings. The van der Waals surface area contributed by atoms with E-state index in [1.807, 2.05) is 24.3 Å². The van der Waals surface area contributed by atoms with Gasteiger partial charge in [0.15, 0.2) is 0 Å². The summed E-state index contributed by atoms with van der Waals surface area (Å²) >= 11 is 0. The maximum Gasteiger partial charge on any atom is 0.230 e. The summed E-state index contributed by atoms with van der Waals surface area (Å²) in [6.45, 7) is 0. The smallest absolute Gasteiger partial charge is 0.230 e. The van der Waals surface area contributed by atoms with Crippen LogP contribution in [0.4, 0.5) is 4.39 Å². The van der Waals surface area contributed by atoms with Crippen molar-refractivity contribution in [2.75, 3.05) is 0 Å². The van der Waals surface area contributed by atoms with Crippen molar-refractivity contribution < 1.29 is 8.91 Å². The Morgan fingerprint density at radius 2 is 1.48 bits per heavy atom. The Hall–Kier alpha value is -2.93. The van der Waals surface area contributed by atoms with Crippen LogP contribution in [0.1, 0.15) is 48.6 Å². The monoisotopic (exact) mass is 332 g/mol. The average molecular weight is 332 g/mol. The van der Waals surface area contributed by atoms with Gasteiger partial charge in [0.05, 0.1) is 0 Å². The average Bonchev–Trinajstić information content (AvgIpc) is 3.33. The minimum absolute atomic E-state index is 0.257. The number of benzene rings is 2. The quantitative estimate of drug-likeness (QED) is 0.624. The van der Waals surface area contributed by atoms with Gasteiger partial charge in [-0.15, -0.1) is 0 Å². The van der Waals surface area contributed by atoms with Crippen molar-refractivity contribution >= 4 is 0 Å². The molecule has 1 saturated carbocycles. The molecule has 0 saturated heterocycles. The molecule has 0 bridgehead atoms. The number of halogens is 1. The number of nitrogens with zero attached hydrogens (tertiary/aromatic N) is 2. The molecule has 3 nitrogen and oxygen atoms in total. The Morgan fingerprint density at radius 3 is 2.12 bits per heavy atom. The molecule has 0 radical (unpaired) electrons. The van der Waals surface area contributed by atoms with Crippen molar-refractivity contribution in [2.24, 2.45) is 0 Å². The van der Waals surface area contributed by atoms with Gasteiger partial charge in [0.2, 0.25) is 11.7 Å². The molecule has 124 valence electrons. The van der Waals surface area contributed by atoms with Gasteiger partial charge in [-0.3, -0.25) is 0 Å². The third kappa shape index (κ3) is 3.61. The van der Waals surface area contributed by atoms with Gasteiger partial charge in [0.25, 0.3) is 0 Å². The van der Waals surface area contributed by atoms with Gasteiger partial charge in [-0.05, 0) is 61.4 Å². The van der Waals surface area contributed by atoms with E-state index in [0.717, 1.165) is 35.4 Å². The van der Waals surface area contributed by atoms with Crippen LogP contribution in [0.3, 0.4) is 0 Å². The van der Waals surface area contributed by atoms with E-state index in [-0.39, 0.29) is 5.82 Å². The Kier molecular flexibility index (Phi) is 4.30. The van der Waals surface area contributed by atoms with Gasteiger partial charge in [0.1, 0.15) is 5.82 Å². The van der Waals surface area contributed by atoms with E-state index in [4.69, 9.17) is 4.52 Å². The largest absolute Gasteiger partial charge is 0.339 e. The Morgan fingerprint density at radius 1 is 0.880 bits per heavy atom. The minimum Gasteiger partial charge on any atom is -0.339 e. The van der Waals surface area contributed by atoms with Crippen LogP contribution in [0.25, 0.3) is 11.4 Å². The summed E-state index contributed by atoms with van der Waals surface area (Å²) in [5.41, 5.74) is 2.58. The second kappa shape index (κ2) is 6.90. The second-order valence-corrected chi connectivity index (χ2v) is 6.27. The van der Waals surface area contributed by atoms with Crippen LogP contribution in [0.15, 0.2) is 53.1 Å². The Bertz CT molecular complexity index is 911. The molecule has 1 aliphatic rings. The minimum atomic E-state index is -0.257. The predicted molar refractivity (Wildman–Crippen MR) is 93.3 cm³/mol. The molecule has 0 N–H and O–H groups in total. The molecule has 1 aliphatic carbocycles. The zero-order valence-corrected chi connectivity index (χ0v) is 13.7. The normalized spacial score (nSPS) is 14.3. The highest BCUT2D eigenvalue weighted by Gasteiger charge is 2.23. The highest BCUT2D eigenvalue weighted by Crippen LogP contribution is 2.33. The molecule has 0 amide bonds. The van der Waals surface area contributed by atoms with Crippen LogP contribution in [0, 0.1) is 17.7 Å². The Labute approximate surface area is 145 Å². The Balaban J connectivity index is 1.49. The van der Waals surface area contributed by atoms with E-state index >= 15 is 0 Å². The molecular formula is C21H17FN2O. The van der Waals surface area contributed by atoms with Gasteiger partial charge >= 0.3 is 0 Å². The summed E-state index contributed by atoms with van der Waals surface area (Å²) in [6.07, 6.45) is 4.76. The molecule has 1 aromatic heterocycles. The lowest BCUT2D eigenvalue weighted by Gasteiger charge is -1.99. The summed E-state index contributed by atoms with van der Waals surface area (Å²) < 4.78 is 18.3. The number of hydrogen-bond donors (Lipinski definition) is 0. The van der Waals surface area contributed by atoms with Crippen LogP contribution >= 0.6 is 0 Å². The summed E-state index contributed by atoms with van der Waals surface area (Å²) in [5.74, 6) is 7.64. The lowest BCUT2D eigenvalue weighted by molar-refractivity contribution is 0.354. The van der Waals surface area contributed by atoms with Crippen LogP contribution in [-0.2, 0) is 0 Å². The molecule has 0 spiro atoms. The van der Waals surface area contributed by atoms with E-state index in [1.165, 1.54) is 25.0 Å². The zero-order chi connectivity index (χ0) is 17.1. The highest BCUT2D eigenvalue weighted by molar-refractivity contribution is 5.56. The first-order valence-corrected chi connectivity index (χ1v) is 8.49. The topological polar surface area (TPSA) is 38.9 Å². The number of rotatable bonds is 2. The summed E-state index contributed by atoms with van der Waals surface area (Å²) in [7, 11) is 0. The van der Waals surface area contributed by atoms with E-state index in [9.17, 15) is 4.39 Å². The SMILES string of the molecule is Fc1ccc(C#Cc2ccc(-c3noc(C4CCCC4)n3)cc2)cc1. The lowest BCUT2D eigenvalue weighted by Crippen LogP contribution is -1.91. The van der Waals surface area contributed by atoms with Crippen LogP contribution in [0.2, 0.25) is 0 Å². The van der Waals surface area contributed by atoms with Crippen molar-refractivity contribution in [3.8, 4) is 23.2 Å². The van der Waals surface area contributed by atoms with E-state index in [2.05, 4.69) is 22.0 Å². The molecule has 2 aromatic carbocycles. The molecule has 25 heavy (non-hydrogen) atoms. The lowest BCUT2D eigenvalue weighted by atomic mass is 10.1. The number of aromatic nitrogens is 2. The fourth-order valence-electron chi connectivity index (χ4n) is 3.07. The molecule has 0 aliphatic heterocycles. The van der Waals surface area contributed by atoms with Crippen molar-refractivity contribution in [1.29, 1.82) is 0 Å². The van der Waals surface area contributed by atoms with Crippen molar-refractivity contribution in [1.82, 2.24) is 10.1 Å². The third-order valence-electron chi connectivity index (χ3n) is 4.48. The van der Waals surface area contributed by atoms with Crippen LogP contribution < -0.4 is 0 Å². The van der Waals surface area contributed by atoms with Crippen molar-refractivity contribution in [3.05, 3.63) is 71.4 Å². The van der Waals surface area contributed by atoms with E-state index < -0.39 is 0 Å². The summed E-state index contributed by atoms with van der Waals surface area (Å²) in [6, 6.07) is 13.9. The van der Waals surface area contributed by atoms with Crippen LogP contribution in [-0.4, -0.2) is 10.1 Å². The standard InChI is InChI=1S/C21H17FN2O/c22-19-13-9-16(10-14-19)6-5-15-7-11-17(12-8-15)20-23-21(25-24-20)18-3-1-2-4-18/h7-14,18H,1-4H2. The van der Waals surface area contributed by atoms with E-state index in [1.54, 1.807) is 12.1 Å². The van der Waals surface area contributed by atoms with Gasteiger partial charge in [-0.2, -0.15) is 4.98 Å². The van der Waals surface area contributed by atoms with Gasteiger partial charge in [-0.25, -0.2) is 4.39 Å². The fraction of sp³-hybridized carbons (Fsp3) is 0.238. The molecule has 1 heterocycles. The first-order valence-electron chi connectivity index (χ1n) is 8.49. The summed E-state index contributed by atoms with van der Waals surface area (Å²) in [4.78, 5) is 4.54. The molecule has 3 aromatic rings. The van der Waals surface area contributed by atoms with Crippen LogP contribution in [0.5, 0.6) is 0 Å². The van der Waals surface area contributed by atoms with Crippen molar-refractivity contribution in [3.63, 3.8) is 0 Å². The fourth-order valence-corrected chi connectivity index (χ4v) is 3.07. The van der Waals surface area contributed by atoms with Crippen molar-refractivity contribution in [2.45, 2.75) is 31.6 Å². The number of hydrogen-bond acceptors (Lipinski definition) is 3. The van der Waals surface area contributed by atoms with Gasteiger partial charge in [0, 0.05) is 22.6 Å². The maximum absolute atomic E-state index is 12.9. The van der Waals surface area contributed by atoms with Gasteiger partial charge < -0.3 is 4.52 Å². The molecule has 4 rings (SSSR count). The molecule has 0 atom stereocenters. The second-order valence-electron chi connectivity index (χ2n) is 6.27. The van der Waals surface area contributed by atoms with E-state index in [0.29, 0.717) is 11.7 Å². The third-order valence-corrected chi connectivity index (χ3v) is 4.48. The predicted octanol–water partition coefficient (Wildman–Crippen LogP) is 4.93. The van der Waals surface area contributed by atoms with Gasteiger partial charge in [-0.1, -0.05) is 29.8 Å². The highest BCUT2D eigenvalue weighted by atomic mass is 19.1. The first kappa shape index (κ1) is 15.6. The molecule has 4 heteroatoms. The maximum atomic E-state index is 12.9. The molecular weight excluding hydrogens is 315 g/mol. The zero-order valence-electron chi connectivity index (χ0n) is 13.7. The first-order chi connectivity index (χ1) is 12.3. The molecule has 0 unspecified atom stereocenters. The summed E-state index contributed by atoms with van der Waals surface area (Å²) in [5, 5.41) is 4.10.